The fraction of sp³-hybridized carbons (Fsp3) is 0.706. The number of nitrogens with zero attached hydrogens (tertiary/aromatic N) is 2. The summed E-state index contributed by atoms with van der Waals surface area (Å²) in [6, 6.07) is 4.46. The minimum Gasteiger partial charge on any atom is -0.317 e. The Morgan fingerprint density at radius 3 is 2.62 bits per heavy atom. The summed E-state index contributed by atoms with van der Waals surface area (Å²) in [7, 11) is 0. The lowest BCUT2D eigenvalue weighted by Crippen LogP contribution is -2.39. The predicted octanol–water partition coefficient (Wildman–Crippen LogP) is 3.14. The lowest BCUT2D eigenvalue weighted by molar-refractivity contribution is 0.136. The van der Waals surface area contributed by atoms with Gasteiger partial charge < -0.3 is 5.32 Å². The standard InChI is InChI=1S/C17H26FN3/c1-2-17(16-6-3-14(18)11-20-16)21(15-4-5-15)12-13-7-9-19-10-8-13/h3,6,11,13,15,17,19H,2,4-5,7-10,12H2,1H3. The van der Waals surface area contributed by atoms with Crippen molar-refractivity contribution in [3.63, 3.8) is 0 Å². The highest BCUT2D eigenvalue weighted by molar-refractivity contribution is 5.11. The van der Waals surface area contributed by atoms with Crippen molar-refractivity contribution in [2.24, 2.45) is 5.92 Å². The molecule has 21 heavy (non-hydrogen) atoms. The fourth-order valence-corrected chi connectivity index (χ4v) is 3.50. The van der Waals surface area contributed by atoms with Gasteiger partial charge in [0.15, 0.2) is 0 Å². The quantitative estimate of drug-likeness (QED) is 0.873. The van der Waals surface area contributed by atoms with Crippen LogP contribution in [-0.2, 0) is 0 Å². The zero-order valence-electron chi connectivity index (χ0n) is 12.9. The van der Waals surface area contributed by atoms with E-state index in [4.69, 9.17) is 0 Å². The van der Waals surface area contributed by atoms with E-state index in [0.717, 1.165) is 37.2 Å². The Kier molecular flexibility index (Phi) is 4.86. The molecule has 1 aromatic rings. The molecule has 1 aromatic heterocycles. The van der Waals surface area contributed by atoms with Gasteiger partial charge in [0.1, 0.15) is 5.82 Å². The second kappa shape index (κ2) is 6.84. The summed E-state index contributed by atoms with van der Waals surface area (Å²) in [4.78, 5) is 6.99. The summed E-state index contributed by atoms with van der Waals surface area (Å²) in [6.45, 7) is 5.68. The maximum atomic E-state index is 13.1. The molecule has 3 nitrogen and oxygen atoms in total. The van der Waals surface area contributed by atoms with E-state index in [1.165, 1.54) is 38.4 Å². The van der Waals surface area contributed by atoms with Crippen molar-refractivity contribution < 1.29 is 4.39 Å². The van der Waals surface area contributed by atoms with Crippen LogP contribution in [0.1, 0.15) is 50.8 Å². The number of nitrogens with one attached hydrogen (secondary N) is 1. The van der Waals surface area contributed by atoms with E-state index in [9.17, 15) is 4.39 Å². The average molecular weight is 291 g/mol. The first kappa shape index (κ1) is 14.9. The van der Waals surface area contributed by atoms with E-state index in [0.29, 0.717) is 6.04 Å². The number of hydrogen-bond acceptors (Lipinski definition) is 3. The second-order valence-electron chi connectivity index (χ2n) is 6.45. The molecule has 2 heterocycles. The largest absolute Gasteiger partial charge is 0.317 e. The SMILES string of the molecule is CCC(c1ccc(F)cn1)N(CC1CCNCC1)C1CC1. The second-order valence-corrected chi connectivity index (χ2v) is 6.45. The number of piperidine rings is 1. The first-order valence-electron chi connectivity index (χ1n) is 8.36. The lowest BCUT2D eigenvalue weighted by Gasteiger charge is -2.35. The van der Waals surface area contributed by atoms with Crippen LogP contribution in [0, 0.1) is 11.7 Å². The molecule has 1 N–H and O–H groups in total. The molecule has 1 saturated heterocycles. The van der Waals surface area contributed by atoms with Crippen LogP contribution in [0.25, 0.3) is 0 Å². The van der Waals surface area contributed by atoms with Crippen LogP contribution in [0.4, 0.5) is 4.39 Å². The van der Waals surface area contributed by atoms with Gasteiger partial charge in [-0.3, -0.25) is 9.88 Å². The fourth-order valence-electron chi connectivity index (χ4n) is 3.50. The molecule has 3 rings (SSSR count). The Labute approximate surface area is 126 Å². The summed E-state index contributed by atoms with van der Waals surface area (Å²) in [5, 5.41) is 3.44. The van der Waals surface area contributed by atoms with Gasteiger partial charge in [0.2, 0.25) is 0 Å². The molecule has 0 spiro atoms. The molecule has 1 atom stereocenters. The molecule has 0 amide bonds. The zero-order valence-corrected chi connectivity index (χ0v) is 12.9. The van der Waals surface area contributed by atoms with Gasteiger partial charge in [-0.25, -0.2) is 4.39 Å². The third kappa shape index (κ3) is 3.80. The maximum absolute atomic E-state index is 13.1. The van der Waals surface area contributed by atoms with Gasteiger partial charge >= 0.3 is 0 Å². The molecule has 0 radical (unpaired) electrons. The minimum atomic E-state index is -0.245. The monoisotopic (exact) mass is 291 g/mol. The molecular weight excluding hydrogens is 265 g/mol. The predicted molar refractivity (Wildman–Crippen MR) is 82.5 cm³/mol. The molecule has 0 bridgehead atoms. The third-order valence-electron chi connectivity index (χ3n) is 4.82. The number of rotatable bonds is 6. The highest BCUT2D eigenvalue weighted by Gasteiger charge is 2.35. The van der Waals surface area contributed by atoms with Gasteiger partial charge in [0, 0.05) is 12.6 Å². The van der Waals surface area contributed by atoms with E-state index in [1.807, 2.05) is 6.07 Å². The van der Waals surface area contributed by atoms with Crippen molar-refractivity contribution in [2.75, 3.05) is 19.6 Å². The Bertz CT molecular complexity index is 438. The summed E-state index contributed by atoms with van der Waals surface area (Å²) in [5.74, 6) is 0.547. The van der Waals surface area contributed by atoms with Crippen LogP contribution in [0.2, 0.25) is 0 Å². The molecule has 4 heteroatoms. The van der Waals surface area contributed by atoms with Crippen molar-refractivity contribution in [1.82, 2.24) is 15.2 Å². The third-order valence-corrected chi connectivity index (χ3v) is 4.82. The lowest BCUT2D eigenvalue weighted by atomic mass is 9.96. The van der Waals surface area contributed by atoms with Gasteiger partial charge in [0.05, 0.1) is 17.9 Å². The van der Waals surface area contributed by atoms with Crippen molar-refractivity contribution in [1.29, 1.82) is 0 Å². The summed E-state index contributed by atoms with van der Waals surface area (Å²) in [5.41, 5.74) is 1.03. The molecule has 1 saturated carbocycles. The molecule has 0 aromatic carbocycles. The van der Waals surface area contributed by atoms with Crippen LogP contribution in [-0.4, -0.2) is 35.6 Å². The van der Waals surface area contributed by atoms with Crippen LogP contribution in [0.5, 0.6) is 0 Å². The Morgan fingerprint density at radius 1 is 1.29 bits per heavy atom. The number of hydrogen-bond donors (Lipinski definition) is 1. The Balaban J connectivity index is 1.72. The molecule has 116 valence electrons. The van der Waals surface area contributed by atoms with Crippen molar-refractivity contribution in [3.05, 3.63) is 29.8 Å². The molecule has 1 unspecified atom stereocenters. The van der Waals surface area contributed by atoms with E-state index >= 15 is 0 Å². The molecule has 2 fully saturated rings. The molecular formula is C17H26FN3. The number of pyridine rings is 1. The zero-order chi connectivity index (χ0) is 14.7. The molecule has 1 aliphatic carbocycles. The van der Waals surface area contributed by atoms with Crippen LogP contribution in [0.15, 0.2) is 18.3 Å². The van der Waals surface area contributed by atoms with E-state index in [1.54, 1.807) is 6.07 Å². The molecule has 1 aliphatic heterocycles. The first-order valence-corrected chi connectivity index (χ1v) is 8.36. The summed E-state index contributed by atoms with van der Waals surface area (Å²) in [6.07, 6.45) is 7.56. The number of aromatic nitrogens is 1. The van der Waals surface area contributed by atoms with Crippen molar-refractivity contribution >= 4 is 0 Å². The minimum absolute atomic E-state index is 0.245. The average Bonchev–Trinajstić information content (AvgIpc) is 3.34. The smallest absolute Gasteiger partial charge is 0.141 e. The van der Waals surface area contributed by atoms with E-state index in [-0.39, 0.29) is 5.82 Å². The van der Waals surface area contributed by atoms with Gasteiger partial charge in [-0.05, 0) is 63.2 Å². The van der Waals surface area contributed by atoms with Gasteiger partial charge in [-0.15, -0.1) is 0 Å². The maximum Gasteiger partial charge on any atom is 0.141 e. The van der Waals surface area contributed by atoms with Crippen molar-refractivity contribution in [3.8, 4) is 0 Å². The highest BCUT2D eigenvalue weighted by Crippen LogP contribution is 2.36. The Hall–Kier alpha value is -1.00. The normalized spacial score (nSPS) is 21.7. The molecule has 2 aliphatic rings. The van der Waals surface area contributed by atoms with Gasteiger partial charge in [0.25, 0.3) is 0 Å². The number of halogens is 1. The van der Waals surface area contributed by atoms with Crippen LogP contribution in [0.3, 0.4) is 0 Å². The van der Waals surface area contributed by atoms with E-state index < -0.39 is 0 Å². The summed E-state index contributed by atoms with van der Waals surface area (Å²) < 4.78 is 13.1. The topological polar surface area (TPSA) is 28.2 Å². The van der Waals surface area contributed by atoms with Gasteiger partial charge in [-0.1, -0.05) is 6.92 Å². The van der Waals surface area contributed by atoms with Crippen LogP contribution >= 0.6 is 0 Å². The first-order chi connectivity index (χ1) is 10.3. The Morgan fingerprint density at radius 2 is 2.05 bits per heavy atom. The summed E-state index contributed by atoms with van der Waals surface area (Å²) >= 11 is 0. The van der Waals surface area contributed by atoms with Crippen LogP contribution < -0.4 is 5.32 Å². The van der Waals surface area contributed by atoms with Gasteiger partial charge in [-0.2, -0.15) is 0 Å². The van der Waals surface area contributed by atoms with Crippen molar-refractivity contribution in [2.45, 2.75) is 51.1 Å². The van der Waals surface area contributed by atoms with E-state index in [2.05, 4.69) is 22.1 Å². The highest BCUT2D eigenvalue weighted by atomic mass is 19.1.